The van der Waals surface area contributed by atoms with Crippen LogP contribution < -0.4 is 15.6 Å². The van der Waals surface area contributed by atoms with Crippen LogP contribution in [0.4, 0.5) is 5.82 Å². The number of anilines is 1. The molecule has 10 nitrogen and oxygen atoms in total. The molecule has 1 amide bonds. The minimum Gasteiger partial charge on any atom is -0.477 e. The molecule has 0 bridgehead atoms. The normalized spacial score (nSPS) is 14.1. The van der Waals surface area contributed by atoms with Crippen LogP contribution in [-0.2, 0) is 4.79 Å². The van der Waals surface area contributed by atoms with Crippen molar-refractivity contribution < 1.29 is 14.7 Å². The summed E-state index contributed by atoms with van der Waals surface area (Å²) in [6.45, 7) is 2.78. The van der Waals surface area contributed by atoms with Crippen molar-refractivity contribution >= 4 is 40.3 Å². The molecule has 28 heavy (non-hydrogen) atoms. The number of aromatic nitrogens is 4. The molecule has 0 aromatic carbocycles. The van der Waals surface area contributed by atoms with E-state index < -0.39 is 11.4 Å². The van der Waals surface area contributed by atoms with Crippen molar-refractivity contribution in [2.45, 2.75) is 6.92 Å². The van der Waals surface area contributed by atoms with Crippen molar-refractivity contribution in [1.82, 2.24) is 24.2 Å². The fourth-order valence-corrected chi connectivity index (χ4v) is 3.76. The van der Waals surface area contributed by atoms with Crippen molar-refractivity contribution in [1.29, 1.82) is 0 Å². The van der Waals surface area contributed by atoms with Crippen molar-refractivity contribution in [2.24, 2.45) is 5.92 Å². The molecule has 1 fully saturated rings. The Morgan fingerprint density at radius 1 is 1.36 bits per heavy atom. The Morgan fingerprint density at radius 3 is 2.71 bits per heavy atom. The minimum absolute atomic E-state index is 0.0226. The number of carbonyl (C=O) groups is 2. The number of pyridine rings is 2. The topological polar surface area (TPSA) is 130 Å². The quantitative estimate of drug-likeness (QED) is 0.645. The average molecular weight is 400 g/mol. The van der Waals surface area contributed by atoms with E-state index in [4.69, 9.17) is 0 Å². The van der Waals surface area contributed by atoms with Gasteiger partial charge in [-0.15, -0.1) is 0 Å². The lowest BCUT2D eigenvalue weighted by molar-refractivity contribution is -0.125. The van der Waals surface area contributed by atoms with Crippen molar-refractivity contribution in [3.05, 3.63) is 39.9 Å². The third-order valence-electron chi connectivity index (χ3n) is 4.75. The zero-order valence-electron chi connectivity index (χ0n) is 15.0. The number of rotatable bonds is 4. The first-order valence-electron chi connectivity index (χ1n) is 8.44. The smallest absolute Gasteiger partial charge is 0.341 e. The Balaban J connectivity index is 1.88. The Morgan fingerprint density at radius 2 is 2.11 bits per heavy atom. The van der Waals surface area contributed by atoms with Gasteiger partial charge in [-0.05, 0) is 18.6 Å². The van der Waals surface area contributed by atoms with Gasteiger partial charge in [0, 0.05) is 37.9 Å². The Bertz CT molecular complexity index is 1150. The zero-order valence-corrected chi connectivity index (χ0v) is 15.9. The lowest BCUT2D eigenvalue weighted by Gasteiger charge is -2.39. The molecule has 0 unspecified atom stereocenters. The highest BCUT2D eigenvalue weighted by Gasteiger charge is 2.33. The molecule has 3 aromatic rings. The maximum absolute atomic E-state index is 12.7. The van der Waals surface area contributed by atoms with Crippen LogP contribution in [-0.4, -0.2) is 56.0 Å². The predicted octanol–water partition coefficient (Wildman–Crippen LogP) is 0.426. The summed E-state index contributed by atoms with van der Waals surface area (Å²) in [4.78, 5) is 46.7. The van der Waals surface area contributed by atoms with Crippen LogP contribution in [0.2, 0.25) is 0 Å². The minimum atomic E-state index is -1.31. The zero-order chi connectivity index (χ0) is 20.0. The highest BCUT2D eigenvalue weighted by Crippen LogP contribution is 2.28. The molecule has 4 heterocycles. The molecule has 2 N–H and O–H groups in total. The largest absolute Gasteiger partial charge is 0.477 e. The molecule has 0 spiro atoms. The third kappa shape index (κ3) is 2.80. The first-order chi connectivity index (χ1) is 13.4. The van der Waals surface area contributed by atoms with Crippen molar-refractivity contribution in [2.75, 3.05) is 25.0 Å². The number of nitrogens with zero attached hydrogens (tertiary/aromatic N) is 5. The summed E-state index contributed by atoms with van der Waals surface area (Å²) < 4.78 is 5.43. The number of hydrogen-bond donors (Lipinski definition) is 2. The first-order valence-corrected chi connectivity index (χ1v) is 9.22. The fraction of sp³-hybridized carbons (Fsp3) is 0.294. The van der Waals surface area contributed by atoms with E-state index in [1.807, 2.05) is 4.90 Å². The monoisotopic (exact) mass is 400 g/mol. The molecule has 3 aromatic heterocycles. The van der Waals surface area contributed by atoms with Crippen LogP contribution in [0.25, 0.3) is 16.2 Å². The number of nitrogens with one attached hydrogen (secondary N) is 1. The van der Waals surface area contributed by atoms with E-state index in [-0.39, 0.29) is 22.8 Å². The molecule has 0 atom stereocenters. The van der Waals surface area contributed by atoms with E-state index in [1.165, 1.54) is 17.1 Å². The SMILES string of the molecule is CNC(=O)C1CN(c2cc(C)c3c(=O)c(C(=O)O)cn(-c4ncns4)c3n2)C1. The summed E-state index contributed by atoms with van der Waals surface area (Å²) in [5, 5.41) is 12.7. The van der Waals surface area contributed by atoms with Crippen molar-refractivity contribution in [3.63, 3.8) is 0 Å². The van der Waals surface area contributed by atoms with Gasteiger partial charge in [0.25, 0.3) is 0 Å². The fourth-order valence-electron chi connectivity index (χ4n) is 3.25. The van der Waals surface area contributed by atoms with E-state index in [0.717, 1.165) is 11.5 Å². The number of carboxylic acids is 1. The number of hydrogen-bond acceptors (Lipinski definition) is 8. The summed E-state index contributed by atoms with van der Waals surface area (Å²) in [6.07, 6.45) is 2.58. The predicted molar refractivity (Wildman–Crippen MR) is 102 cm³/mol. The summed E-state index contributed by atoms with van der Waals surface area (Å²) >= 11 is 1.06. The lowest BCUT2D eigenvalue weighted by Crippen LogP contribution is -2.53. The number of fused-ring (bicyclic) bond motifs is 1. The Labute approximate surface area is 162 Å². The van der Waals surface area contributed by atoms with Gasteiger partial charge in [-0.2, -0.15) is 4.37 Å². The summed E-state index contributed by atoms with van der Waals surface area (Å²) in [6, 6.07) is 1.74. The average Bonchev–Trinajstić information content (AvgIpc) is 3.14. The van der Waals surface area contributed by atoms with E-state index in [0.29, 0.717) is 35.2 Å². The standard InChI is InChI=1S/C17H16N6O4S/c1-8-3-11(22-4-9(5-22)15(25)18-2)21-14-12(8)13(24)10(16(26)27)6-23(14)17-19-7-20-28-17/h3,6-7,9H,4-5H2,1-2H3,(H,18,25)(H,26,27). The molecule has 0 saturated carbocycles. The van der Waals surface area contributed by atoms with Gasteiger partial charge in [0.15, 0.2) is 5.65 Å². The second-order valence-electron chi connectivity index (χ2n) is 6.48. The number of amides is 1. The summed E-state index contributed by atoms with van der Waals surface area (Å²) in [7, 11) is 1.60. The second-order valence-corrected chi connectivity index (χ2v) is 7.24. The Kier molecular flexibility index (Phi) is 4.30. The van der Waals surface area contributed by atoms with E-state index in [2.05, 4.69) is 19.7 Å². The number of aryl methyl sites for hydroxylation is 1. The van der Waals surface area contributed by atoms with Gasteiger partial charge in [-0.1, -0.05) is 0 Å². The van der Waals surface area contributed by atoms with E-state index >= 15 is 0 Å². The third-order valence-corrected chi connectivity index (χ3v) is 5.42. The number of carboxylic acid groups (broad SMARTS) is 1. The van der Waals surface area contributed by atoms with Crippen molar-refractivity contribution in [3.8, 4) is 5.13 Å². The molecular weight excluding hydrogens is 384 g/mol. The van der Waals surface area contributed by atoms with Gasteiger partial charge < -0.3 is 15.3 Å². The maximum atomic E-state index is 12.7. The summed E-state index contributed by atoms with van der Waals surface area (Å²) in [5.74, 6) is -0.830. The van der Waals surface area contributed by atoms with E-state index in [9.17, 15) is 19.5 Å². The maximum Gasteiger partial charge on any atom is 0.341 e. The first kappa shape index (κ1) is 18.0. The van der Waals surface area contributed by atoms with Gasteiger partial charge in [-0.25, -0.2) is 14.8 Å². The van der Waals surface area contributed by atoms with E-state index in [1.54, 1.807) is 20.0 Å². The molecule has 1 aliphatic rings. The van der Waals surface area contributed by atoms with Gasteiger partial charge >= 0.3 is 5.97 Å². The molecule has 1 saturated heterocycles. The van der Waals surface area contributed by atoms with Gasteiger partial charge in [0.1, 0.15) is 17.7 Å². The molecule has 4 rings (SSSR count). The highest BCUT2D eigenvalue weighted by atomic mass is 32.1. The van der Waals surface area contributed by atoms with Crippen LogP contribution >= 0.6 is 11.5 Å². The number of aromatic carboxylic acids is 1. The Hall–Kier alpha value is -3.34. The van der Waals surface area contributed by atoms with Crippen LogP contribution in [0, 0.1) is 12.8 Å². The highest BCUT2D eigenvalue weighted by molar-refractivity contribution is 7.08. The van der Waals surface area contributed by atoms with Gasteiger partial charge in [0.2, 0.25) is 16.5 Å². The molecule has 11 heteroatoms. The van der Waals surface area contributed by atoms with Crippen LogP contribution in [0.5, 0.6) is 0 Å². The molecule has 1 aliphatic heterocycles. The molecule has 144 valence electrons. The molecular formula is C17H16N6O4S. The molecule has 0 aliphatic carbocycles. The number of carbonyl (C=O) groups excluding carboxylic acids is 1. The lowest BCUT2D eigenvalue weighted by atomic mass is 9.99. The van der Waals surface area contributed by atoms with Crippen LogP contribution in [0.15, 0.2) is 23.4 Å². The van der Waals surface area contributed by atoms with Crippen LogP contribution in [0.1, 0.15) is 15.9 Å². The van der Waals surface area contributed by atoms with Gasteiger partial charge in [0.05, 0.1) is 11.3 Å². The summed E-state index contributed by atoms with van der Waals surface area (Å²) in [5.41, 5.74) is -0.0319. The molecule has 0 radical (unpaired) electrons. The van der Waals surface area contributed by atoms with Gasteiger partial charge in [-0.3, -0.25) is 14.2 Å². The second kappa shape index (κ2) is 6.68. The van der Waals surface area contributed by atoms with Crippen LogP contribution in [0.3, 0.4) is 0 Å².